The molecule has 0 aliphatic carbocycles. The van der Waals surface area contributed by atoms with Crippen LogP contribution in [0.4, 0.5) is 0 Å². The van der Waals surface area contributed by atoms with Gasteiger partial charge >= 0.3 is 0 Å². The van der Waals surface area contributed by atoms with Gasteiger partial charge in [0.15, 0.2) is 0 Å². The Labute approximate surface area is 159 Å². The fourth-order valence-electron chi connectivity index (χ4n) is 4.57. The summed E-state index contributed by atoms with van der Waals surface area (Å²) in [7, 11) is 0. The number of nitrogens with two attached hydrogens (primary N) is 1. The van der Waals surface area contributed by atoms with Gasteiger partial charge in [0.25, 0.3) is 0 Å². The largest absolute Gasteiger partial charge is 0.462 e. The number of likely N-dealkylation sites (tertiary alicyclic amines) is 1. The first-order valence-electron chi connectivity index (χ1n) is 9.65. The van der Waals surface area contributed by atoms with Crippen molar-refractivity contribution in [1.29, 1.82) is 0 Å². The molecule has 2 aromatic rings. The molecule has 1 saturated heterocycles. The van der Waals surface area contributed by atoms with Crippen LogP contribution in [0.25, 0.3) is 0 Å². The summed E-state index contributed by atoms with van der Waals surface area (Å²) in [6, 6.07) is 10.5. The van der Waals surface area contributed by atoms with Gasteiger partial charge in [0, 0.05) is 37.3 Å². The molecule has 3 heterocycles. The van der Waals surface area contributed by atoms with Gasteiger partial charge in [-0.15, -0.1) is 0 Å². The maximum atomic E-state index is 11.8. The molecule has 27 heavy (non-hydrogen) atoms. The number of fused-ring (bicyclic) bond motifs is 1. The lowest BCUT2D eigenvalue weighted by Gasteiger charge is -2.38. The van der Waals surface area contributed by atoms with Crippen LogP contribution in [0, 0.1) is 0 Å². The molecule has 1 unspecified atom stereocenters. The van der Waals surface area contributed by atoms with Crippen molar-refractivity contribution in [2.24, 2.45) is 5.73 Å². The summed E-state index contributed by atoms with van der Waals surface area (Å²) in [5.74, 6) is 1.19. The number of piperidine rings is 1. The van der Waals surface area contributed by atoms with Crippen molar-refractivity contribution in [2.75, 3.05) is 13.1 Å². The van der Waals surface area contributed by atoms with Crippen molar-refractivity contribution in [3.63, 3.8) is 0 Å². The summed E-state index contributed by atoms with van der Waals surface area (Å²) < 4.78 is 5.61. The number of carbonyl (C=O) groups excluding carboxylic acids is 1. The van der Waals surface area contributed by atoms with E-state index in [9.17, 15) is 4.79 Å². The Morgan fingerprint density at radius 3 is 2.63 bits per heavy atom. The Kier molecular flexibility index (Phi) is 5.04. The molecule has 1 aromatic heterocycles. The lowest BCUT2D eigenvalue weighted by atomic mass is 9.99. The Morgan fingerprint density at radius 2 is 1.96 bits per heavy atom. The summed E-state index contributed by atoms with van der Waals surface area (Å²) in [6.07, 6.45) is 2.19. The fourth-order valence-corrected chi connectivity index (χ4v) is 4.57. The highest BCUT2D eigenvalue weighted by molar-refractivity contribution is 5.94. The van der Waals surface area contributed by atoms with E-state index in [1.807, 2.05) is 24.3 Å². The highest BCUT2D eigenvalue weighted by Crippen LogP contribution is 2.38. The van der Waals surface area contributed by atoms with E-state index in [-0.39, 0.29) is 12.5 Å². The molecule has 0 radical (unpaired) electrons. The lowest BCUT2D eigenvalue weighted by molar-refractivity contribution is 0.0785. The minimum Gasteiger partial charge on any atom is -0.462 e. The number of nitrogens with zero attached hydrogens (tertiary/aromatic N) is 2. The molecule has 4 rings (SSSR count). The van der Waals surface area contributed by atoms with E-state index < -0.39 is 0 Å². The quantitative estimate of drug-likeness (QED) is 0.846. The van der Waals surface area contributed by atoms with Crippen LogP contribution in [0.5, 0.6) is 0 Å². The molecule has 0 saturated carbocycles. The number of hydrogen-bond acceptors (Lipinski definition) is 5. The third kappa shape index (κ3) is 3.52. The van der Waals surface area contributed by atoms with E-state index in [0.717, 1.165) is 50.3 Å². The van der Waals surface area contributed by atoms with Crippen molar-refractivity contribution in [3.8, 4) is 0 Å². The molecule has 144 valence electrons. The van der Waals surface area contributed by atoms with Gasteiger partial charge in [0.1, 0.15) is 18.1 Å². The van der Waals surface area contributed by atoms with Crippen LogP contribution in [-0.4, -0.2) is 39.9 Å². The van der Waals surface area contributed by atoms with Crippen LogP contribution in [0.3, 0.4) is 0 Å². The van der Waals surface area contributed by atoms with Gasteiger partial charge in [-0.2, -0.15) is 0 Å². The molecule has 1 aromatic carbocycles. The average molecular weight is 369 g/mol. The highest BCUT2D eigenvalue weighted by Gasteiger charge is 2.35. The predicted octanol–water partition coefficient (Wildman–Crippen LogP) is 2.41. The van der Waals surface area contributed by atoms with Gasteiger partial charge in [-0.25, -0.2) is 0 Å². The number of amides is 1. The summed E-state index contributed by atoms with van der Waals surface area (Å²) >= 11 is 0. The molecule has 1 atom stereocenters. The molecular weight excluding hydrogens is 342 g/mol. The lowest BCUT2D eigenvalue weighted by Crippen LogP contribution is -2.43. The van der Waals surface area contributed by atoms with E-state index in [4.69, 9.17) is 15.3 Å². The van der Waals surface area contributed by atoms with Crippen molar-refractivity contribution >= 4 is 5.91 Å². The van der Waals surface area contributed by atoms with E-state index >= 15 is 0 Å². The first kappa shape index (κ1) is 18.2. The number of hydrogen-bond donors (Lipinski definition) is 2. The van der Waals surface area contributed by atoms with Crippen molar-refractivity contribution < 1.29 is 14.3 Å². The average Bonchev–Trinajstić information content (AvgIpc) is 3.27. The molecule has 6 nitrogen and oxygen atoms in total. The number of aliphatic hydroxyl groups is 1. The van der Waals surface area contributed by atoms with Crippen LogP contribution < -0.4 is 5.73 Å². The van der Waals surface area contributed by atoms with Gasteiger partial charge in [-0.3, -0.25) is 14.6 Å². The molecule has 0 bridgehead atoms. The monoisotopic (exact) mass is 369 g/mol. The highest BCUT2D eigenvalue weighted by atomic mass is 16.4. The molecule has 6 heteroatoms. The predicted molar refractivity (Wildman–Crippen MR) is 102 cm³/mol. The second-order valence-electron chi connectivity index (χ2n) is 7.62. The molecule has 3 N–H and O–H groups in total. The topological polar surface area (TPSA) is 82.9 Å². The number of furan rings is 1. The van der Waals surface area contributed by atoms with E-state index in [1.54, 1.807) is 0 Å². The smallest absolute Gasteiger partial charge is 0.249 e. The molecule has 2 aliphatic rings. The summed E-state index contributed by atoms with van der Waals surface area (Å²) in [5, 5.41) is 9.12. The minimum absolute atomic E-state index is 0.0528. The summed E-state index contributed by atoms with van der Waals surface area (Å²) in [4.78, 5) is 16.7. The third-order valence-electron chi connectivity index (χ3n) is 6.04. The van der Waals surface area contributed by atoms with Gasteiger partial charge in [0.05, 0.1) is 6.54 Å². The van der Waals surface area contributed by atoms with Gasteiger partial charge in [-0.1, -0.05) is 12.1 Å². The minimum atomic E-state index is -0.337. The third-order valence-corrected chi connectivity index (χ3v) is 6.04. The van der Waals surface area contributed by atoms with Gasteiger partial charge in [-0.05, 0) is 49.1 Å². The first-order valence-corrected chi connectivity index (χ1v) is 9.65. The zero-order valence-electron chi connectivity index (χ0n) is 15.7. The van der Waals surface area contributed by atoms with Gasteiger partial charge < -0.3 is 15.3 Å². The maximum Gasteiger partial charge on any atom is 0.249 e. The van der Waals surface area contributed by atoms with Crippen LogP contribution in [0.1, 0.15) is 58.8 Å². The number of rotatable bonds is 5. The molecule has 0 spiro atoms. The van der Waals surface area contributed by atoms with Crippen molar-refractivity contribution in [3.05, 3.63) is 58.5 Å². The fraction of sp³-hybridized carbons (Fsp3) is 0.476. The zero-order chi connectivity index (χ0) is 19.0. The van der Waals surface area contributed by atoms with Crippen LogP contribution >= 0.6 is 0 Å². The van der Waals surface area contributed by atoms with Gasteiger partial charge in [0.2, 0.25) is 5.91 Å². The number of aliphatic hydroxyl groups excluding tert-OH is 1. The summed E-state index contributed by atoms with van der Waals surface area (Å²) in [5.41, 5.74) is 8.58. The summed E-state index contributed by atoms with van der Waals surface area (Å²) in [6.45, 7) is 5.79. The molecular formula is C21H27N3O3. The number of carbonyl (C=O) groups is 1. The van der Waals surface area contributed by atoms with Crippen LogP contribution in [0.2, 0.25) is 0 Å². The normalized spacial score (nSPS) is 21.5. The zero-order valence-corrected chi connectivity index (χ0v) is 15.7. The number of primary amides is 1. The van der Waals surface area contributed by atoms with E-state index in [0.29, 0.717) is 23.4 Å². The Balaban J connectivity index is 1.39. The standard InChI is InChI=1S/C21H27N3O3/c1-14-18-3-2-4-19(21(22)26)20(18)12-24(14)15-7-9-23(10-8-15)11-16-5-6-17(13-25)27-16/h2-6,14-15,25H,7-13H2,1H3,(H2,22,26). The Bertz CT molecular complexity index is 824. The SMILES string of the molecule is CC1c2cccc(C(N)=O)c2CN1C1CCN(Cc2ccc(CO)o2)CC1. The van der Waals surface area contributed by atoms with Crippen molar-refractivity contribution in [2.45, 2.75) is 51.5 Å². The van der Waals surface area contributed by atoms with Crippen LogP contribution in [0.15, 0.2) is 34.7 Å². The Morgan fingerprint density at radius 1 is 1.22 bits per heavy atom. The Hall–Kier alpha value is -2.15. The van der Waals surface area contributed by atoms with E-state index in [2.05, 4.69) is 22.8 Å². The molecule has 1 amide bonds. The van der Waals surface area contributed by atoms with E-state index in [1.165, 1.54) is 5.56 Å². The molecule has 1 fully saturated rings. The second kappa shape index (κ2) is 7.46. The second-order valence-corrected chi connectivity index (χ2v) is 7.62. The maximum absolute atomic E-state index is 11.8. The van der Waals surface area contributed by atoms with Crippen molar-refractivity contribution in [1.82, 2.24) is 9.80 Å². The molecule has 2 aliphatic heterocycles. The first-order chi connectivity index (χ1) is 13.1. The van der Waals surface area contributed by atoms with Crippen LogP contribution in [-0.2, 0) is 19.7 Å². The number of benzene rings is 1.